The van der Waals surface area contributed by atoms with E-state index >= 15 is 0 Å². The molecule has 0 aliphatic carbocycles. The summed E-state index contributed by atoms with van der Waals surface area (Å²) in [6.07, 6.45) is 2.53. The second-order valence-electron chi connectivity index (χ2n) is 4.25. The maximum atomic E-state index is 4.88. The number of nitrogens with zero attached hydrogens (tertiary/aromatic N) is 1. The van der Waals surface area contributed by atoms with E-state index in [9.17, 15) is 0 Å². The average Bonchev–Trinajstić information content (AvgIpc) is 2.94. The molecule has 2 heteroatoms. The second-order valence-corrected chi connectivity index (χ2v) is 4.25. The summed E-state index contributed by atoms with van der Waals surface area (Å²) in [6, 6.07) is 20.7. The molecule has 0 N–H and O–H groups in total. The minimum atomic E-state index is 0.880. The Morgan fingerprint density at radius 3 is 2.44 bits per heavy atom. The molecule has 0 aliphatic heterocycles. The molecule has 0 radical (unpaired) electrons. The van der Waals surface area contributed by atoms with E-state index in [2.05, 4.69) is 47.6 Å². The molecule has 0 aliphatic rings. The molecular formula is C16H13NO. The quantitative estimate of drug-likeness (QED) is 0.687. The van der Waals surface area contributed by atoms with Crippen LogP contribution in [0.4, 0.5) is 0 Å². The van der Waals surface area contributed by atoms with Gasteiger partial charge in [0.05, 0.1) is 0 Å². The number of rotatable bonds is 3. The van der Waals surface area contributed by atoms with Gasteiger partial charge < -0.3 is 4.52 Å². The Morgan fingerprint density at radius 2 is 1.67 bits per heavy atom. The van der Waals surface area contributed by atoms with Gasteiger partial charge in [-0.25, -0.2) is 0 Å². The molecule has 0 fully saturated rings. The van der Waals surface area contributed by atoms with Crippen molar-refractivity contribution in [3.05, 3.63) is 78.1 Å². The predicted octanol–water partition coefficient (Wildman–Crippen LogP) is 3.93. The minimum Gasteiger partial charge on any atom is -0.364 e. The van der Waals surface area contributed by atoms with Gasteiger partial charge in [-0.05, 0) is 23.6 Å². The van der Waals surface area contributed by atoms with E-state index in [1.54, 1.807) is 6.26 Å². The molecule has 2 aromatic carbocycles. The Labute approximate surface area is 106 Å². The Balaban J connectivity index is 1.88. The summed E-state index contributed by atoms with van der Waals surface area (Å²) in [4.78, 5) is 0. The standard InChI is InChI=1S/C16H13NO/c1-2-5-13(6-3-1)11-14-7-4-8-15(12-14)16-9-10-18-17-16/h1-10,12H,11H2. The smallest absolute Gasteiger partial charge is 0.124 e. The predicted molar refractivity (Wildman–Crippen MR) is 71.2 cm³/mol. The lowest BCUT2D eigenvalue weighted by molar-refractivity contribution is 0.422. The molecule has 3 rings (SSSR count). The second kappa shape index (κ2) is 4.88. The van der Waals surface area contributed by atoms with Crippen molar-refractivity contribution in [2.45, 2.75) is 6.42 Å². The van der Waals surface area contributed by atoms with Crippen LogP contribution in [0.1, 0.15) is 11.1 Å². The van der Waals surface area contributed by atoms with Gasteiger partial charge in [0.15, 0.2) is 0 Å². The Kier molecular flexibility index (Phi) is 2.92. The molecule has 1 heterocycles. The van der Waals surface area contributed by atoms with Gasteiger partial charge in [0.25, 0.3) is 0 Å². The van der Waals surface area contributed by atoms with Crippen LogP contribution < -0.4 is 0 Å². The summed E-state index contributed by atoms with van der Waals surface area (Å²) in [7, 11) is 0. The highest BCUT2D eigenvalue weighted by atomic mass is 16.5. The summed E-state index contributed by atoms with van der Waals surface area (Å²) < 4.78 is 4.88. The minimum absolute atomic E-state index is 0.880. The fourth-order valence-corrected chi connectivity index (χ4v) is 2.03. The summed E-state index contributed by atoms with van der Waals surface area (Å²) in [6.45, 7) is 0. The topological polar surface area (TPSA) is 26.0 Å². The van der Waals surface area contributed by atoms with Crippen LogP contribution in [0.25, 0.3) is 11.3 Å². The molecule has 3 aromatic rings. The van der Waals surface area contributed by atoms with Crippen molar-refractivity contribution >= 4 is 0 Å². The van der Waals surface area contributed by atoms with E-state index in [0.717, 1.165) is 17.7 Å². The lowest BCUT2D eigenvalue weighted by atomic mass is 10.0. The van der Waals surface area contributed by atoms with Crippen molar-refractivity contribution in [3.63, 3.8) is 0 Å². The lowest BCUT2D eigenvalue weighted by Crippen LogP contribution is -1.88. The molecule has 0 amide bonds. The number of aromatic nitrogens is 1. The third-order valence-electron chi connectivity index (χ3n) is 2.91. The lowest BCUT2D eigenvalue weighted by Gasteiger charge is -2.03. The highest BCUT2D eigenvalue weighted by molar-refractivity contribution is 5.59. The third kappa shape index (κ3) is 2.33. The average molecular weight is 235 g/mol. The van der Waals surface area contributed by atoms with Gasteiger partial charge in [-0.3, -0.25) is 0 Å². The number of hydrogen-bond acceptors (Lipinski definition) is 2. The van der Waals surface area contributed by atoms with Crippen molar-refractivity contribution < 1.29 is 4.52 Å². The first kappa shape index (κ1) is 10.8. The van der Waals surface area contributed by atoms with E-state index in [0.29, 0.717) is 0 Å². The van der Waals surface area contributed by atoms with Crippen LogP contribution in [0.2, 0.25) is 0 Å². The molecule has 0 bridgehead atoms. The van der Waals surface area contributed by atoms with Gasteiger partial charge in [-0.1, -0.05) is 53.7 Å². The van der Waals surface area contributed by atoms with Gasteiger partial charge >= 0.3 is 0 Å². The first-order chi connectivity index (χ1) is 8.92. The first-order valence-corrected chi connectivity index (χ1v) is 5.95. The maximum absolute atomic E-state index is 4.88. The van der Waals surface area contributed by atoms with Crippen LogP contribution in [0.15, 0.2) is 71.4 Å². The Hall–Kier alpha value is -2.35. The van der Waals surface area contributed by atoms with E-state index in [4.69, 9.17) is 4.52 Å². The van der Waals surface area contributed by atoms with Crippen LogP contribution in [0.5, 0.6) is 0 Å². The van der Waals surface area contributed by atoms with Gasteiger partial charge in [-0.15, -0.1) is 0 Å². The molecular weight excluding hydrogens is 222 g/mol. The molecule has 2 nitrogen and oxygen atoms in total. The van der Waals surface area contributed by atoms with E-state index in [1.165, 1.54) is 11.1 Å². The molecule has 88 valence electrons. The molecule has 0 unspecified atom stereocenters. The zero-order valence-electron chi connectivity index (χ0n) is 9.91. The molecule has 1 aromatic heterocycles. The van der Waals surface area contributed by atoms with Gasteiger partial charge in [0.1, 0.15) is 12.0 Å². The van der Waals surface area contributed by atoms with Gasteiger partial charge in [0.2, 0.25) is 0 Å². The van der Waals surface area contributed by atoms with E-state index in [1.807, 2.05) is 18.2 Å². The van der Waals surface area contributed by atoms with Gasteiger partial charge in [0, 0.05) is 11.6 Å². The summed E-state index contributed by atoms with van der Waals surface area (Å²) in [5, 5.41) is 3.96. The molecule has 18 heavy (non-hydrogen) atoms. The normalized spacial score (nSPS) is 10.4. The van der Waals surface area contributed by atoms with Gasteiger partial charge in [-0.2, -0.15) is 0 Å². The Morgan fingerprint density at radius 1 is 0.833 bits per heavy atom. The molecule has 0 spiro atoms. The van der Waals surface area contributed by atoms with Crippen molar-refractivity contribution in [1.29, 1.82) is 0 Å². The third-order valence-corrected chi connectivity index (χ3v) is 2.91. The van der Waals surface area contributed by atoms with E-state index < -0.39 is 0 Å². The number of benzene rings is 2. The van der Waals surface area contributed by atoms with Crippen LogP contribution in [-0.4, -0.2) is 5.16 Å². The van der Waals surface area contributed by atoms with E-state index in [-0.39, 0.29) is 0 Å². The molecule has 0 atom stereocenters. The highest BCUT2D eigenvalue weighted by Gasteiger charge is 2.02. The molecule has 0 saturated heterocycles. The fourth-order valence-electron chi connectivity index (χ4n) is 2.03. The summed E-state index contributed by atoms with van der Waals surface area (Å²) in [5.41, 5.74) is 4.57. The maximum Gasteiger partial charge on any atom is 0.124 e. The zero-order chi connectivity index (χ0) is 12.2. The zero-order valence-corrected chi connectivity index (χ0v) is 9.91. The number of hydrogen-bond donors (Lipinski definition) is 0. The van der Waals surface area contributed by atoms with Crippen molar-refractivity contribution in [2.24, 2.45) is 0 Å². The summed E-state index contributed by atoms with van der Waals surface area (Å²) >= 11 is 0. The SMILES string of the molecule is c1ccc(Cc2cccc(-c3ccon3)c2)cc1. The Bertz CT molecular complexity index is 615. The van der Waals surface area contributed by atoms with Crippen LogP contribution in [0, 0.1) is 0 Å². The van der Waals surface area contributed by atoms with Crippen molar-refractivity contribution in [2.75, 3.05) is 0 Å². The monoisotopic (exact) mass is 235 g/mol. The largest absolute Gasteiger partial charge is 0.364 e. The highest BCUT2D eigenvalue weighted by Crippen LogP contribution is 2.19. The van der Waals surface area contributed by atoms with Crippen LogP contribution in [-0.2, 0) is 6.42 Å². The molecule has 0 saturated carbocycles. The fraction of sp³-hybridized carbons (Fsp3) is 0.0625. The van der Waals surface area contributed by atoms with Crippen molar-refractivity contribution in [1.82, 2.24) is 5.16 Å². The first-order valence-electron chi connectivity index (χ1n) is 5.95. The van der Waals surface area contributed by atoms with Crippen LogP contribution >= 0.6 is 0 Å². The summed E-state index contributed by atoms with van der Waals surface area (Å²) in [5.74, 6) is 0. The van der Waals surface area contributed by atoms with Crippen LogP contribution in [0.3, 0.4) is 0 Å². The van der Waals surface area contributed by atoms with Crippen molar-refractivity contribution in [3.8, 4) is 11.3 Å².